The number of para-hydroxylation sites is 1. The molecule has 0 saturated carbocycles. The predicted molar refractivity (Wildman–Crippen MR) is 119 cm³/mol. The second kappa shape index (κ2) is 9.53. The fourth-order valence-corrected chi connectivity index (χ4v) is 4.33. The first-order valence-corrected chi connectivity index (χ1v) is 11.0. The first kappa shape index (κ1) is 22.2. The molecular weight excluding hydrogens is 416 g/mol. The van der Waals surface area contributed by atoms with Gasteiger partial charge in [-0.05, 0) is 36.8 Å². The smallest absolute Gasteiger partial charge is 0.265 e. The van der Waals surface area contributed by atoms with Crippen molar-refractivity contribution >= 4 is 21.6 Å². The van der Waals surface area contributed by atoms with Crippen LogP contribution in [0.4, 0.5) is 5.69 Å². The summed E-state index contributed by atoms with van der Waals surface area (Å²) in [6.45, 7) is 1.86. The van der Waals surface area contributed by atoms with Gasteiger partial charge in [0, 0.05) is 6.07 Å². The molecule has 0 aliphatic heterocycles. The zero-order chi connectivity index (χ0) is 22.4. The number of carbonyl (C=O) groups is 1. The maximum atomic E-state index is 13.1. The van der Waals surface area contributed by atoms with E-state index >= 15 is 0 Å². The zero-order valence-electron chi connectivity index (χ0n) is 17.5. The number of amides is 1. The van der Waals surface area contributed by atoms with Crippen LogP contribution in [-0.4, -0.2) is 28.5 Å². The lowest BCUT2D eigenvalue weighted by molar-refractivity contribution is 0.0941. The van der Waals surface area contributed by atoms with Gasteiger partial charge in [-0.3, -0.25) is 9.52 Å². The highest BCUT2D eigenvalue weighted by molar-refractivity contribution is 7.92. The summed E-state index contributed by atoms with van der Waals surface area (Å²) >= 11 is 0. The Bertz CT molecular complexity index is 1160. The highest BCUT2D eigenvalue weighted by Gasteiger charge is 2.23. The van der Waals surface area contributed by atoms with Crippen molar-refractivity contribution in [1.82, 2.24) is 5.32 Å². The van der Waals surface area contributed by atoms with Gasteiger partial charge in [-0.1, -0.05) is 42.5 Å². The second-order valence-corrected chi connectivity index (χ2v) is 8.42. The minimum atomic E-state index is -4.06. The van der Waals surface area contributed by atoms with Gasteiger partial charge in [0.2, 0.25) is 0 Å². The van der Waals surface area contributed by atoms with Crippen molar-refractivity contribution in [2.45, 2.75) is 17.9 Å². The molecule has 0 aliphatic carbocycles. The van der Waals surface area contributed by atoms with Gasteiger partial charge in [-0.25, -0.2) is 8.42 Å². The van der Waals surface area contributed by atoms with Crippen molar-refractivity contribution in [3.05, 3.63) is 83.9 Å². The molecule has 3 rings (SSSR count). The quantitative estimate of drug-likeness (QED) is 0.552. The molecule has 3 aromatic rings. The third kappa shape index (κ3) is 5.16. The van der Waals surface area contributed by atoms with E-state index in [4.69, 9.17) is 9.47 Å². The number of hydrogen-bond donors (Lipinski definition) is 2. The van der Waals surface area contributed by atoms with E-state index in [1.807, 2.05) is 37.3 Å². The average molecular weight is 441 g/mol. The monoisotopic (exact) mass is 440 g/mol. The Labute approximate surface area is 182 Å². The van der Waals surface area contributed by atoms with Crippen molar-refractivity contribution in [3.8, 4) is 11.5 Å². The summed E-state index contributed by atoms with van der Waals surface area (Å²) in [5.74, 6) is 0.129. The molecule has 0 spiro atoms. The van der Waals surface area contributed by atoms with Crippen LogP contribution in [0.1, 0.15) is 28.9 Å². The molecule has 0 fully saturated rings. The highest BCUT2D eigenvalue weighted by Crippen LogP contribution is 2.30. The first-order valence-electron chi connectivity index (χ1n) is 9.55. The van der Waals surface area contributed by atoms with Crippen LogP contribution < -0.4 is 19.5 Å². The summed E-state index contributed by atoms with van der Waals surface area (Å²) < 4.78 is 39.0. The fraction of sp³-hybridized carbons (Fsp3) is 0.174. The predicted octanol–water partition coefficient (Wildman–Crippen LogP) is 4.00. The third-order valence-electron chi connectivity index (χ3n) is 4.72. The standard InChI is InChI=1S/C23H24N2O5S/c1-16(17-9-5-4-6-10-17)24-23(26)19-11-7-8-12-20(19)25-31(27,28)22-15-18(29-2)13-14-21(22)30-3/h4-16,25H,1-3H3,(H,24,26)/t16-/m0/s1. The lowest BCUT2D eigenvalue weighted by Gasteiger charge is -2.17. The second-order valence-electron chi connectivity index (χ2n) is 6.77. The highest BCUT2D eigenvalue weighted by atomic mass is 32.2. The molecule has 0 heterocycles. The van der Waals surface area contributed by atoms with Crippen LogP contribution in [0, 0.1) is 0 Å². The van der Waals surface area contributed by atoms with Crippen LogP contribution in [-0.2, 0) is 10.0 Å². The van der Waals surface area contributed by atoms with Crippen molar-refractivity contribution < 1.29 is 22.7 Å². The number of sulfonamides is 1. The maximum absolute atomic E-state index is 13.1. The molecule has 1 amide bonds. The molecule has 8 heteroatoms. The van der Waals surface area contributed by atoms with E-state index in [2.05, 4.69) is 10.0 Å². The van der Waals surface area contributed by atoms with Crippen molar-refractivity contribution in [2.24, 2.45) is 0 Å². The van der Waals surface area contributed by atoms with E-state index in [0.717, 1.165) is 5.56 Å². The van der Waals surface area contributed by atoms with E-state index in [0.29, 0.717) is 5.75 Å². The van der Waals surface area contributed by atoms with Gasteiger partial charge in [0.1, 0.15) is 16.4 Å². The van der Waals surface area contributed by atoms with Crippen molar-refractivity contribution in [3.63, 3.8) is 0 Å². The van der Waals surface area contributed by atoms with E-state index in [-0.39, 0.29) is 27.9 Å². The molecule has 2 N–H and O–H groups in total. The molecule has 7 nitrogen and oxygen atoms in total. The molecule has 31 heavy (non-hydrogen) atoms. The van der Waals surface area contributed by atoms with E-state index < -0.39 is 15.9 Å². The maximum Gasteiger partial charge on any atom is 0.265 e. The Morgan fingerprint density at radius 1 is 0.903 bits per heavy atom. The van der Waals surface area contributed by atoms with E-state index in [9.17, 15) is 13.2 Å². The Kier molecular flexibility index (Phi) is 6.81. The summed E-state index contributed by atoms with van der Waals surface area (Å²) in [5.41, 5.74) is 1.30. The summed E-state index contributed by atoms with van der Waals surface area (Å²) in [6, 6.07) is 20.1. The van der Waals surface area contributed by atoms with Crippen LogP contribution in [0.25, 0.3) is 0 Å². The number of methoxy groups -OCH3 is 2. The van der Waals surface area contributed by atoms with Crippen LogP contribution in [0.5, 0.6) is 11.5 Å². The average Bonchev–Trinajstić information content (AvgIpc) is 2.79. The summed E-state index contributed by atoms with van der Waals surface area (Å²) in [5, 5.41) is 2.90. The van der Waals surface area contributed by atoms with Gasteiger partial charge >= 0.3 is 0 Å². The molecular formula is C23H24N2O5S. The molecule has 0 saturated heterocycles. The van der Waals surface area contributed by atoms with Gasteiger partial charge < -0.3 is 14.8 Å². The molecule has 3 aromatic carbocycles. The largest absolute Gasteiger partial charge is 0.497 e. The molecule has 1 atom stereocenters. The molecule has 0 bridgehead atoms. The number of nitrogens with one attached hydrogen (secondary N) is 2. The Hall–Kier alpha value is -3.52. The zero-order valence-corrected chi connectivity index (χ0v) is 18.3. The number of hydrogen-bond acceptors (Lipinski definition) is 5. The van der Waals surface area contributed by atoms with Crippen LogP contribution in [0.3, 0.4) is 0 Å². The Morgan fingerprint density at radius 2 is 1.58 bits per heavy atom. The van der Waals surface area contributed by atoms with E-state index in [1.54, 1.807) is 24.3 Å². The normalized spacial score (nSPS) is 12.0. The number of carbonyl (C=O) groups excluding carboxylic acids is 1. The summed E-state index contributed by atoms with van der Waals surface area (Å²) in [6.07, 6.45) is 0. The van der Waals surface area contributed by atoms with Gasteiger partial charge in [-0.2, -0.15) is 0 Å². The van der Waals surface area contributed by atoms with Crippen LogP contribution >= 0.6 is 0 Å². The number of ether oxygens (including phenoxy) is 2. The molecule has 0 unspecified atom stereocenters. The first-order chi connectivity index (χ1) is 14.9. The van der Waals surface area contributed by atoms with Crippen LogP contribution in [0.15, 0.2) is 77.7 Å². The molecule has 0 aliphatic rings. The topological polar surface area (TPSA) is 93.7 Å². The minimum Gasteiger partial charge on any atom is -0.497 e. The number of benzene rings is 3. The van der Waals surface area contributed by atoms with Gasteiger partial charge in [0.25, 0.3) is 15.9 Å². The van der Waals surface area contributed by atoms with Crippen molar-refractivity contribution in [2.75, 3.05) is 18.9 Å². The number of anilines is 1. The third-order valence-corrected chi connectivity index (χ3v) is 6.11. The molecule has 0 aromatic heterocycles. The minimum absolute atomic E-state index is 0.0952. The molecule has 162 valence electrons. The summed E-state index contributed by atoms with van der Waals surface area (Å²) in [4.78, 5) is 12.8. The van der Waals surface area contributed by atoms with Gasteiger partial charge in [0.05, 0.1) is 31.5 Å². The molecule has 0 radical (unpaired) electrons. The van der Waals surface area contributed by atoms with Gasteiger partial charge in [-0.15, -0.1) is 0 Å². The summed E-state index contributed by atoms with van der Waals surface area (Å²) in [7, 11) is -1.23. The Balaban J connectivity index is 1.89. The number of rotatable bonds is 8. The Morgan fingerprint density at radius 3 is 2.26 bits per heavy atom. The van der Waals surface area contributed by atoms with Crippen LogP contribution in [0.2, 0.25) is 0 Å². The fourth-order valence-electron chi connectivity index (χ4n) is 3.06. The lowest BCUT2D eigenvalue weighted by atomic mass is 10.1. The lowest BCUT2D eigenvalue weighted by Crippen LogP contribution is -2.28. The SMILES string of the molecule is COc1ccc(OC)c(S(=O)(=O)Nc2ccccc2C(=O)N[C@@H](C)c2ccccc2)c1. The van der Waals surface area contributed by atoms with E-state index in [1.165, 1.54) is 32.4 Å². The van der Waals surface area contributed by atoms with Gasteiger partial charge in [0.15, 0.2) is 0 Å². The van der Waals surface area contributed by atoms with Crippen molar-refractivity contribution in [1.29, 1.82) is 0 Å².